The zero-order valence-electron chi connectivity index (χ0n) is 10.3. The number of rotatable bonds is 5. The molecular weight excluding hydrogens is 272 g/mol. The highest BCUT2D eigenvalue weighted by Gasteiger charge is 2.37. The Bertz CT molecular complexity index is 472. The van der Waals surface area contributed by atoms with Crippen LogP contribution in [0.3, 0.4) is 0 Å². The number of hydrogen-bond acceptors (Lipinski definition) is 3. The third-order valence-electron chi connectivity index (χ3n) is 3.28. The van der Waals surface area contributed by atoms with E-state index in [2.05, 4.69) is 5.32 Å². The molecule has 1 aromatic carbocycles. The molecule has 1 aliphatic rings. The third-order valence-corrected chi connectivity index (χ3v) is 4.27. The van der Waals surface area contributed by atoms with Gasteiger partial charge in [-0.05, 0) is 37.5 Å². The number of benzene rings is 1. The summed E-state index contributed by atoms with van der Waals surface area (Å²) in [7, 11) is 0. The molecule has 0 atom stereocenters. The van der Waals surface area contributed by atoms with Gasteiger partial charge in [0, 0.05) is 4.90 Å². The molecule has 0 spiro atoms. The molecule has 0 aromatic heterocycles. The molecule has 19 heavy (non-hydrogen) atoms. The fourth-order valence-electron chi connectivity index (χ4n) is 1.97. The highest BCUT2D eigenvalue weighted by atomic mass is 32.2. The second kappa shape index (κ2) is 5.88. The lowest BCUT2D eigenvalue weighted by Crippen LogP contribution is -2.56. The van der Waals surface area contributed by atoms with Gasteiger partial charge in [0.05, 0.1) is 17.9 Å². The molecule has 1 fully saturated rings. The topological polar surface area (TPSA) is 49.3 Å². The number of hydrogen-bond donors (Lipinski definition) is 2. The Labute approximate surface area is 114 Å². The Morgan fingerprint density at radius 1 is 1.37 bits per heavy atom. The monoisotopic (exact) mass is 287 g/mol. The lowest BCUT2D eigenvalue weighted by Gasteiger charge is -2.40. The predicted molar refractivity (Wildman–Crippen MR) is 68.9 cm³/mol. The Kier molecular flexibility index (Phi) is 4.42. The van der Waals surface area contributed by atoms with Crippen molar-refractivity contribution in [2.45, 2.75) is 29.7 Å². The Morgan fingerprint density at radius 2 is 2.11 bits per heavy atom. The number of thioether (sulfide) groups is 1. The van der Waals surface area contributed by atoms with Gasteiger partial charge in [-0.3, -0.25) is 4.79 Å². The van der Waals surface area contributed by atoms with E-state index >= 15 is 0 Å². The van der Waals surface area contributed by atoms with Crippen LogP contribution in [0.2, 0.25) is 0 Å². The second-order valence-corrected chi connectivity index (χ2v) is 5.75. The van der Waals surface area contributed by atoms with Crippen molar-refractivity contribution >= 4 is 17.7 Å². The summed E-state index contributed by atoms with van der Waals surface area (Å²) >= 11 is 1.14. The van der Waals surface area contributed by atoms with E-state index in [-0.39, 0.29) is 18.3 Å². The molecule has 2 rings (SSSR count). The summed E-state index contributed by atoms with van der Waals surface area (Å²) in [6.07, 6.45) is 2.56. The minimum atomic E-state index is -0.920. The summed E-state index contributed by atoms with van der Waals surface area (Å²) in [4.78, 5) is 12.2. The summed E-state index contributed by atoms with van der Waals surface area (Å²) in [6.45, 7) is -0.0609. The van der Waals surface area contributed by atoms with E-state index in [1.807, 2.05) is 0 Å². The summed E-state index contributed by atoms with van der Waals surface area (Å²) in [5, 5.41) is 12.0. The SMILES string of the molecule is O=C(CSc1ccc(F)c(F)c1)NC1(CO)CCC1. The van der Waals surface area contributed by atoms with Crippen molar-refractivity contribution in [3.8, 4) is 0 Å². The smallest absolute Gasteiger partial charge is 0.230 e. The zero-order valence-corrected chi connectivity index (χ0v) is 11.1. The molecule has 0 saturated heterocycles. The molecule has 2 N–H and O–H groups in total. The van der Waals surface area contributed by atoms with Crippen molar-refractivity contribution in [3.05, 3.63) is 29.8 Å². The summed E-state index contributed by atoms with van der Waals surface area (Å²) in [5.41, 5.74) is -0.467. The number of aliphatic hydroxyl groups excluding tert-OH is 1. The maximum absolute atomic E-state index is 13.0. The Hall–Kier alpha value is -1.14. The minimum absolute atomic E-state index is 0.0609. The van der Waals surface area contributed by atoms with Gasteiger partial charge in [0.25, 0.3) is 0 Å². The largest absolute Gasteiger partial charge is 0.394 e. The van der Waals surface area contributed by atoms with Crippen LogP contribution >= 0.6 is 11.8 Å². The normalized spacial score (nSPS) is 16.8. The van der Waals surface area contributed by atoms with E-state index in [4.69, 9.17) is 0 Å². The molecule has 1 saturated carbocycles. The number of amides is 1. The molecule has 0 aliphatic heterocycles. The van der Waals surface area contributed by atoms with Crippen molar-refractivity contribution in [2.24, 2.45) is 0 Å². The van der Waals surface area contributed by atoms with Crippen LogP contribution in [0.4, 0.5) is 8.78 Å². The maximum atomic E-state index is 13.0. The molecule has 0 heterocycles. The standard InChI is InChI=1S/C13H15F2NO2S/c14-10-3-2-9(6-11(10)15)19-7-12(18)16-13(8-17)4-1-5-13/h2-3,6,17H,1,4-5,7-8H2,(H,16,18). The minimum Gasteiger partial charge on any atom is -0.394 e. The highest BCUT2D eigenvalue weighted by Crippen LogP contribution is 2.31. The van der Waals surface area contributed by atoms with Crippen molar-refractivity contribution in [1.29, 1.82) is 0 Å². The third kappa shape index (κ3) is 3.45. The van der Waals surface area contributed by atoms with E-state index in [0.717, 1.165) is 43.2 Å². The number of carbonyl (C=O) groups is 1. The van der Waals surface area contributed by atoms with E-state index in [1.54, 1.807) is 0 Å². The van der Waals surface area contributed by atoms with Gasteiger partial charge in [0.2, 0.25) is 5.91 Å². The van der Waals surface area contributed by atoms with Gasteiger partial charge in [-0.2, -0.15) is 0 Å². The molecule has 104 valence electrons. The molecule has 0 unspecified atom stereocenters. The summed E-state index contributed by atoms with van der Waals surface area (Å²) < 4.78 is 25.7. The first-order valence-electron chi connectivity index (χ1n) is 6.04. The molecule has 6 heteroatoms. The van der Waals surface area contributed by atoms with Crippen LogP contribution in [0, 0.1) is 11.6 Å². The van der Waals surface area contributed by atoms with Gasteiger partial charge in [0.1, 0.15) is 0 Å². The average molecular weight is 287 g/mol. The number of aliphatic hydroxyl groups is 1. The van der Waals surface area contributed by atoms with Crippen LogP contribution in [0.25, 0.3) is 0 Å². The average Bonchev–Trinajstić information content (AvgIpc) is 2.35. The van der Waals surface area contributed by atoms with Gasteiger partial charge >= 0.3 is 0 Å². The molecular formula is C13H15F2NO2S. The van der Waals surface area contributed by atoms with E-state index < -0.39 is 17.2 Å². The van der Waals surface area contributed by atoms with Crippen molar-refractivity contribution in [2.75, 3.05) is 12.4 Å². The lowest BCUT2D eigenvalue weighted by molar-refractivity contribution is -0.122. The summed E-state index contributed by atoms with van der Waals surface area (Å²) in [5.74, 6) is -1.91. The number of nitrogens with one attached hydrogen (secondary N) is 1. The first kappa shape index (κ1) is 14.3. The molecule has 3 nitrogen and oxygen atoms in total. The molecule has 1 aliphatic carbocycles. The van der Waals surface area contributed by atoms with Crippen LogP contribution in [0.1, 0.15) is 19.3 Å². The molecule has 0 radical (unpaired) electrons. The fraction of sp³-hybridized carbons (Fsp3) is 0.462. The van der Waals surface area contributed by atoms with Gasteiger partial charge in [-0.25, -0.2) is 8.78 Å². The predicted octanol–water partition coefficient (Wildman–Crippen LogP) is 2.09. The molecule has 1 aromatic rings. The van der Waals surface area contributed by atoms with Crippen LogP contribution < -0.4 is 5.32 Å². The fourth-order valence-corrected chi connectivity index (χ4v) is 2.69. The molecule has 1 amide bonds. The molecule has 0 bridgehead atoms. The Morgan fingerprint density at radius 3 is 2.63 bits per heavy atom. The van der Waals surface area contributed by atoms with Crippen molar-refractivity contribution < 1.29 is 18.7 Å². The van der Waals surface area contributed by atoms with Gasteiger partial charge in [-0.1, -0.05) is 0 Å². The first-order chi connectivity index (χ1) is 9.04. The van der Waals surface area contributed by atoms with Crippen LogP contribution in [0.5, 0.6) is 0 Å². The first-order valence-corrected chi connectivity index (χ1v) is 7.03. The second-order valence-electron chi connectivity index (χ2n) is 4.70. The van der Waals surface area contributed by atoms with Crippen molar-refractivity contribution in [1.82, 2.24) is 5.32 Å². The van der Waals surface area contributed by atoms with E-state index in [0.29, 0.717) is 4.90 Å². The zero-order chi connectivity index (χ0) is 13.9. The quantitative estimate of drug-likeness (QED) is 0.815. The van der Waals surface area contributed by atoms with Gasteiger partial charge in [-0.15, -0.1) is 11.8 Å². The van der Waals surface area contributed by atoms with Gasteiger partial charge in [0.15, 0.2) is 11.6 Å². The Balaban J connectivity index is 1.84. The van der Waals surface area contributed by atoms with E-state index in [1.165, 1.54) is 6.07 Å². The van der Waals surface area contributed by atoms with Gasteiger partial charge < -0.3 is 10.4 Å². The summed E-state index contributed by atoms with van der Waals surface area (Å²) in [6, 6.07) is 3.54. The highest BCUT2D eigenvalue weighted by molar-refractivity contribution is 8.00. The number of halogens is 2. The van der Waals surface area contributed by atoms with Crippen molar-refractivity contribution in [3.63, 3.8) is 0 Å². The maximum Gasteiger partial charge on any atom is 0.230 e. The van der Waals surface area contributed by atoms with E-state index in [9.17, 15) is 18.7 Å². The van der Waals surface area contributed by atoms with Crippen LogP contribution in [0.15, 0.2) is 23.1 Å². The number of carbonyl (C=O) groups excluding carboxylic acids is 1. The van der Waals surface area contributed by atoms with Crippen LogP contribution in [-0.2, 0) is 4.79 Å². The van der Waals surface area contributed by atoms with Crippen LogP contribution in [-0.4, -0.2) is 28.9 Å². The lowest BCUT2D eigenvalue weighted by atomic mass is 9.77.